The molecule has 1 atom stereocenters. The Morgan fingerprint density at radius 1 is 1.23 bits per heavy atom. The number of halogens is 1. The maximum absolute atomic E-state index is 13.1. The average molecular weight is 301 g/mol. The molecule has 1 heterocycles. The molecule has 0 spiro atoms. The first-order valence-electron chi connectivity index (χ1n) is 7.65. The number of aryl methyl sites for hydroxylation is 1. The molecule has 1 amide bonds. The van der Waals surface area contributed by atoms with Gasteiger partial charge in [0.05, 0.1) is 11.5 Å². The second-order valence-corrected chi connectivity index (χ2v) is 6.09. The molecule has 4 heteroatoms. The van der Waals surface area contributed by atoms with Gasteiger partial charge in [0.1, 0.15) is 17.3 Å². The van der Waals surface area contributed by atoms with E-state index in [2.05, 4.69) is 5.32 Å². The monoisotopic (exact) mass is 301 g/mol. The SMILES string of the molecule is Cc1ccc(C(C)NC(=O)C2(c3ccc(F)cc3)CCC2)o1. The van der Waals surface area contributed by atoms with Crippen molar-refractivity contribution < 1.29 is 13.6 Å². The van der Waals surface area contributed by atoms with Crippen molar-refractivity contribution >= 4 is 5.91 Å². The van der Waals surface area contributed by atoms with Gasteiger partial charge in [0.25, 0.3) is 0 Å². The fourth-order valence-electron chi connectivity index (χ4n) is 3.04. The molecule has 1 saturated carbocycles. The van der Waals surface area contributed by atoms with E-state index in [0.29, 0.717) is 0 Å². The zero-order valence-electron chi connectivity index (χ0n) is 12.9. The van der Waals surface area contributed by atoms with E-state index >= 15 is 0 Å². The standard InChI is InChI=1S/C18H20FNO2/c1-12-4-9-16(22-12)13(2)20-17(21)18(10-3-11-18)14-5-7-15(19)8-6-14/h4-9,13H,3,10-11H2,1-2H3,(H,20,21). The molecule has 1 unspecified atom stereocenters. The summed E-state index contributed by atoms with van der Waals surface area (Å²) in [4.78, 5) is 12.8. The third-order valence-electron chi connectivity index (χ3n) is 4.57. The van der Waals surface area contributed by atoms with Crippen molar-refractivity contribution in [2.24, 2.45) is 0 Å². The highest BCUT2D eigenvalue weighted by atomic mass is 19.1. The van der Waals surface area contributed by atoms with Crippen molar-refractivity contribution in [1.82, 2.24) is 5.32 Å². The number of furan rings is 1. The van der Waals surface area contributed by atoms with Crippen LogP contribution in [0.1, 0.15) is 49.3 Å². The predicted octanol–water partition coefficient (Wildman–Crippen LogP) is 4.03. The second-order valence-electron chi connectivity index (χ2n) is 6.09. The van der Waals surface area contributed by atoms with Crippen LogP contribution in [0.2, 0.25) is 0 Å². The average Bonchev–Trinajstić information content (AvgIpc) is 2.86. The number of benzene rings is 1. The molecule has 0 radical (unpaired) electrons. The van der Waals surface area contributed by atoms with E-state index in [0.717, 1.165) is 36.3 Å². The van der Waals surface area contributed by atoms with Gasteiger partial charge in [0.15, 0.2) is 0 Å². The van der Waals surface area contributed by atoms with Gasteiger partial charge in [-0.15, -0.1) is 0 Å². The fraction of sp³-hybridized carbons (Fsp3) is 0.389. The van der Waals surface area contributed by atoms with Crippen LogP contribution in [-0.4, -0.2) is 5.91 Å². The van der Waals surface area contributed by atoms with Gasteiger partial charge in [-0.1, -0.05) is 18.6 Å². The van der Waals surface area contributed by atoms with Crippen molar-refractivity contribution in [1.29, 1.82) is 0 Å². The number of rotatable bonds is 4. The molecule has 0 saturated heterocycles. The number of carbonyl (C=O) groups is 1. The lowest BCUT2D eigenvalue weighted by Gasteiger charge is -2.41. The normalized spacial score (nSPS) is 17.6. The van der Waals surface area contributed by atoms with Gasteiger partial charge in [0.2, 0.25) is 5.91 Å². The van der Waals surface area contributed by atoms with Crippen LogP contribution in [0.5, 0.6) is 0 Å². The molecule has 22 heavy (non-hydrogen) atoms. The first-order chi connectivity index (χ1) is 10.5. The lowest BCUT2D eigenvalue weighted by atomic mass is 9.63. The van der Waals surface area contributed by atoms with Crippen LogP contribution < -0.4 is 5.32 Å². The molecule has 3 nitrogen and oxygen atoms in total. The summed E-state index contributed by atoms with van der Waals surface area (Å²) in [5.74, 6) is 1.29. The number of amides is 1. The lowest BCUT2D eigenvalue weighted by Crippen LogP contribution is -2.49. The highest BCUT2D eigenvalue weighted by Gasteiger charge is 2.46. The minimum Gasteiger partial charge on any atom is -0.464 e. The van der Waals surface area contributed by atoms with E-state index < -0.39 is 5.41 Å². The molecule has 1 aliphatic carbocycles. The molecule has 0 bridgehead atoms. The van der Waals surface area contributed by atoms with Crippen LogP contribution in [0, 0.1) is 12.7 Å². The largest absolute Gasteiger partial charge is 0.464 e. The van der Waals surface area contributed by atoms with Crippen LogP contribution in [0.15, 0.2) is 40.8 Å². The lowest BCUT2D eigenvalue weighted by molar-refractivity contribution is -0.130. The summed E-state index contributed by atoms with van der Waals surface area (Å²) in [7, 11) is 0. The first kappa shape index (κ1) is 14.8. The third-order valence-corrected chi connectivity index (χ3v) is 4.57. The van der Waals surface area contributed by atoms with Crippen LogP contribution >= 0.6 is 0 Å². The Bertz CT molecular complexity index is 671. The minimum absolute atomic E-state index is 0.00749. The molecule has 1 fully saturated rings. The van der Waals surface area contributed by atoms with Crippen LogP contribution in [0.25, 0.3) is 0 Å². The molecule has 1 aromatic heterocycles. The smallest absolute Gasteiger partial charge is 0.231 e. The minimum atomic E-state index is -0.524. The molecular formula is C18H20FNO2. The zero-order valence-corrected chi connectivity index (χ0v) is 12.9. The molecule has 1 aliphatic rings. The van der Waals surface area contributed by atoms with Gasteiger partial charge in [-0.3, -0.25) is 4.79 Å². The zero-order chi connectivity index (χ0) is 15.7. The van der Waals surface area contributed by atoms with E-state index in [1.54, 1.807) is 12.1 Å². The van der Waals surface area contributed by atoms with E-state index in [1.807, 2.05) is 26.0 Å². The van der Waals surface area contributed by atoms with Crippen molar-refractivity contribution in [2.75, 3.05) is 0 Å². The summed E-state index contributed by atoms with van der Waals surface area (Å²) in [6, 6.07) is 9.86. The highest BCUT2D eigenvalue weighted by Crippen LogP contribution is 2.44. The van der Waals surface area contributed by atoms with Gasteiger partial charge in [-0.05, 0) is 56.5 Å². The van der Waals surface area contributed by atoms with Crippen LogP contribution in [-0.2, 0) is 10.2 Å². The molecule has 116 valence electrons. The van der Waals surface area contributed by atoms with Gasteiger partial charge < -0.3 is 9.73 Å². The number of nitrogens with one attached hydrogen (secondary N) is 1. The molecular weight excluding hydrogens is 281 g/mol. The summed E-state index contributed by atoms with van der Waals surface area (Å²) in [5.41, 5.74) is 0.365. The number of hydrogen-bond donors (Lipinski definition) is 1. The molecule has 0 aliphatic heterocycles. The third kappa shape index (κ3) is 2.54. The van der Waals surface area contributed by atoms with Gasteiger partial charge >= 0.3 is 0 Å². The Kier molecular flexibility index (Phi) is 3.77. The summed E-state index contributed by atoms with van der Waals surface area (Å²) >= 11 is 0. The Hall–Kier alpha value is -2.10. The summed E-state index contributed by atoms with van der Waals surface area (Å²) in [6.45, 7) is 3.79. The van der Waals surface area contributed by atoms with Crippen molar-refractivity contribution in [3.8, 4) is 0 Å². The Balaban J connectivity index is 1.78. The van der Waals surface area contributed by atoms with E-state index in [1.165, 1.54) is 12.1 Å². The van der Waals surface area contributed by atoms with Crippen molar-refractivity contribution in [3.05, 3.63) is 59.3 Å². The summed E-state index contributed by atoms with van der Waals surface area (Å²) in [6.07, 6.45) is 2.61. The predicted molar refractivity (Wildman–Crippen MR) is 81.9 cm³/mol. The van der Waals surface area contributed by atoms with Crippen molar-refractivity contribution in [2.45, 2.75) is 44.6 Å². The Labute approximate surface area is 129 Å². The topological polar surface area (TPSA) is 42.2 Å². The van der Waals surface area contributed by atoms with E-state index in [9.17, 15) is 9.18 Å². The molecule has 1 aromatic carbocycles. The first-order valence-corrected chi connectivity index (χ1v) is 7.65. The Morgan fingerprint density at radius 2 is 1.91 bits per heavy atom. The van der Waals surface area contributed by atoms with Crippen LogP contribution in [0.3, 0.4) is 0 Å². The number of carbonyl (C=O) groups excluding carboxylic acids is 1. The van der Waals surface area contributed by atoms with Crippen LogP contribution in [0.4, 0.5) is 4.39 Å². The molecule has 2 aromatic rings. The van der Waals surface area contributed by atoms with Gasteiger partial charge in [0, 0.05) is 0 Å². The fourth-order valence-corrected chi connectivity index (χ4v) is 3.04. The summed E-state index contributed by atoms with van der Waals surface area (Å²) in [5, 5.41) is 3.04. The quantitative estimate of drug-likeness (QED) is 0.926. The Morgan fingerprint density at radius 3 is 2.41 bits per heavy atom. The van der Waals surface area contributed by atoms with Gasteiger partial charge in [-0.2, -0.15) is 0 Å². The van der Waals surface area contributed by atoms with Crippen molar-refractivity contribution in [3.63, 3.8) is 0 Å². The van der Waals surface area contributed by atoms with E-state index in [-0.39, 0.29) is 17.8 Å². The maximum atomic E-state index is 13.1. The highest BCUT2D eigenvalue weighted by molar-refractivity contribution is 5.89. The second kappa shape index (κ2) is 5.59. The number of hydrogen-bond acceptors (Lipinski definition) is 2. The summed E-state index contributed by atoms with van der Waals surface area (Å²) < 4.78 is 18.7. The van der Waals surface area contributed by atoms with Gasteiger partial charge in [-0.25, -0.2) is 4.39 Å². The van der Waals surface area contributed by atoms with E-state index in [4.69, 9.17) is 4.42 Å². The molecule has 1 N–H and O–H groups in total. The molecule has 3 rings (SSSR count). The maximum Gasteiger partial charge on any atom is 0.231 e.